The summed E-state index contributed by atoms with van der Waals surface area (Å²) >= 11 is 0. The first kappa shape index (κ1) is 15.7. The van der Waals surface area contributed by atoms with Crippen LogP contribution in [0, 0.1) is 18.8 Å². The van der Waals surface area contributed by atoms with Crippen LogP contribution in [-0.2, 0) is 10.0 Å². The van der Waals surface area contributed by atoms with Gasteiger partial charge in [0.25, 0.3) is 0 Å². The van der Waals surface area contributed by atoms with Gasteiger partial charge in [0.2, 0.25) is 10.0 Å². The van der Waals surface area contributed by atoms with Crippen molar-refractivity contribution in [2.24, 2.45) is 0 Å². The first-order valence-corrected chi connectivity index (χ1v) is 8.06. The van der Waals surface area contributed by atoms with Crippen molar-refractivity contribution in [2.75, 3.05) is 6.54 Å². The van der Waals surface area contributed by atoms with Crippen molar-refractivity contribution < 1.29 is 8.42 Å². The molecule has 1 rings (SSSR count). The lowest BCUT2D eigenvalue weighted by atomic mass is 10.2. The normalized spacial score (nSPS) is 10.8. The molecule has 0 spiro atoms. The third-order valence-corrected chi connectivity index (χ3v) is 4.13. The van der Waals surface area contributed by atoms with Crippen molar-refractivity contribution in [3.8, 4) is 11.8 Å². The molecule has 1 aromatic carbocycles. The van der Waals surface area contributed by atoms with Crippen molar-refractivity contribution in [3.05, 3.63) is 29.8 Å². The smallest absolute Gasteiger partial charge is 0.207 e. The average Bonchev–Trinajstić information content (AvgIpc) is 2.38. The average molecular weight is 279 g/mol. The molecule has 0 saturated heterocycles. The number of aryl methyl sites for hydroxylation is 1. The summed E-state index contributed by atoms with van der Waals surface area (Å²) in [6, 6.07) is 6.77. The molecule has 0 bridgehead atoms. The van der Waals surface area contributed by atoms with Gasteiger partial charge in [0.05, 0.1) is 11.4 Å². The highest BCUT2D eigenvalue weighted by Gasteiger charge is 2.11. The summed E-state index contributed by atoms with van der Waals surface area (Å²) in [4.78, 5) is 0.283. The number of hydrogen-bond donors (Lipinski definition) is 1. The molecule has 0 fully saturated rings. The molecule has 0 aliphatic carbocycles. The fourth-order valence-electron chi connectivity index (χ4n) is 1.55. The molecule has 0 radical (unpaired) electrons. The molecule has 3 nitrogen and oxygen atoms in total. The lowest BCUT2D eigenvalue weighted by molar-refractivity contribution is 0.586. The van der Waals surface area contributed by atoms with Crippen LogP contribution in [0.4, 0.5) is 0 Å². The number of unbranched alkanes of at least 4 members (excludes halogenated alkanes) is 3. The highest BCUT2D eigenvalue weighted by molar-refractivity contribution is 7.89. The Kier molecular flexibility index (Phi) is 6.61. The zero-order valence-electron chi connectivity index (χ0n) is 11.6. The predicted octanol–water partition coefficient (Wildman–Crippen LogP) is 2.86. The van der Waals surface area contributed by atoms with E-state index in [2.05, 4.69) is 23.5 Å². The Balaban J connectivity index is 2.45. The summed E-state index contributed by atoms with van der Waals surface area (Å²) in [7, 11) is -3.43. The monoisotopic (exact) mass is 279 g/mol. The van der Waals surface area contributed by atoms with E-state index in [1.54, 1.807) is 24.3 Å². The Morgan fingerprint density at radius 2 is 1.79 bits per heavy atom. The lowest BCUT2D eigenvalue weighted by Crippen LogP contribution is -2.23. The highest BCUT2D eigenvalue weighted by atomic mass is 32.2. The summed E-state index contributed by atoms with van der Waals surface area (Å²) in [6.07, 6.45) is 4.25. The minimum atomic E-state index is -3.43. The molecule has 0 aliphatic heterocycles. The van der Waals surface area contributed by atoms with E-state index in [1.807, 2.05) is 6.92 Å². The molecule has 0 aliphatic rings. The molecular formula is C15H21NO2S. The standard InChI is InChI=1S/C15H21NO2S/c1-3-4-5-6-7-8-13-16-19(17,18)15-11-9-14(2)10-12-15/h9-12,16H,3-6,13H2,1-2H3. The fraction of sp³-hybridized carbons (Fsp3) is 0.467. The second kappa shape index (κ2) is 7.98. The summed E-state index contributed by atoms with van der Waals surface area (Å²) in [5.41, 5.74) is 1.04. The zero-order valence-corrected chi connectivity index (χ0v) is 12.4. The van der Waals surface area contributed by atoms with Crippen molar-refractivity contribution >= 4 is 10.0 Å². The van der Waals surface area contributed by atoms with E-state index in [1.165, 1.54) is 12.8 Å². The molecule has 1 N–H and O–H groups in total. The van der Waals surface area contributed by atoms with Gasteiger partial charge in [-0.15, -0.1) is 5.92 Å². The molecular weight excluding hydrogens is 258 g/mol. The van der Waals surface area contributed by atoms with Gasteiger partial charge in [-0.3, -0.25) is 0 Å². The van der Waals surface area contributed by atoms with E-state index in [-0.39, 0.29) is 11.4 Å². The molecule has 0 heterocycles. The molecule has 19 heavy (non-hydrogen) atoms. The maximum atomic E-state index is 11.9. The predicted molar refractivity (Wildman–Crippen MR) is 78.3 cm³/mol. The minimum Gasteiger partial charge on any atom is -0.207 e. The maximum Gasteiger partial charge on any atom is 0.241 e. The van der Waals surface area contributed by atoms with Crippen LogP contribution in [0.2, 0.25) is 0 Å². The van der Waals surface area contributed by atoms with Crippen LogP contribution in [0.15, 0.2) is 29.2 Å². The minimum absolute atomic E-state index is 0.169. The summed E-state index contributed by atoms with van der Waals surface area (Å²) in [6.45, 7) is 4.23. The van der Waals surface area contributed by atoms with Gasteiger partial charge in [-0.05, 0) is 25.5 Å². The largest absolute Gasteiger partial charge is 0.241 e. The van der Waals surface area contributed by atoms with E-state index in [0.717, 1.165) is 18.4 Å². The Labute approximate surface area is 116 Å². The number of sulfonamides is 1. The van der Waals surface area contributed by atoms with Crippen molar-refractivity contribution in [1.29, 1.82) is 0 Å². The van der Waals surface area contributed by atoms with Crippen LogP contribution < -0.4 is 4.72 Å². The fourth-order valence-corrected chi connectivity index (χ4v) is 2.47. The molecule has 0 atom stereocenters. The summed E-state index contributed by atoms with van der Waals surface area (Å²) < 4.78 is 26.3. The van der Waals surface area contributed by atoms with Crippen molar-refractivity contribution in [3.63, 3.8) is 0 Å². The number of nitrogens with one attached hydrogen (secondary N) is 1. The molecule has 0 amide bonds. The van der Waals surface area contributed by atoms with Crippen LogP contribution in [-0.4, -0.2) is 15.0 Å². The van der Waals surface area contributed by atoms with E-state index in [0.29, 0.717) is 0 Å². The van der Waals surface area contributed by atoms with Gasteiger partial charge in [0.15, 0.2) is 0 Å². The third-order valence-electron chi connectivity index (χ3n) is 2.71. The van der Waals surface area contributed by atoms with Gasteiger partial charge in [0.1, 0.15) is 0 Å². The second-order valence-corrected chi connectivity index (χ2v) is 6.22. The van der Waals surface area contributed by atoms with Crippen LogP contribution in [0.1, 0.15) is 38.2 Å². The summed E-state index contributed by atoms with van der Waals surface area (Å²) in [5, 5.41) is 0. The Hall–Kier alpha value is -1.31. The molecule has 4 heteroatoms. The molecule has 0 saturated carbocycles. The van der Waals surface area contributed by atoms with Gasteiger partial charge in [-0.1, -0.05) is 43.4 Å². The topological polar surface area (TPSA) is 46.2 Å². The molecule has 104 valence electrons. The first-order valence-electron chi connectivity index (χ1n) is 6.58. The van der Waals surface area contributed by atoms with E-state index >= 15 is 0 Å². The maximum absolute atomic E-state index is 11.9. The van der Waals surface area contributed by atoms with Crippen molar-refractivity contribution in [1.82, 2.24) is 4.72 Å². The Morgan fingerprint density at radius 1 is 1.11 bits per heavy atom. The van der Waals surface area contributed by atoms with E-state index in [4.69, 9.17) is 0 Å². The van der Waals surface area contributed by atoms with Crippen LogP contribution in [0.3, 0.4) is 0 Å². The number of hydrogen-bond acceptors (Lipinski definition) is 2. The van der Waals surface area contributed by atoms with Gasteiger partial charge in [-0.2, -0.15) is 4.72 Å². The van der Waals surface area contributed by atoms with Gasteiger partial charge in [0, 0.05) is 6.42 Å². The first-order chi connectivity index (χ1) is 9.06. The number of rotatable bonds is 6. The lowest BCUT2D eigenvalue weighted by Gasteiger charge is -2.03. The van der Waals surface area contributed by atoms with Crippen LogP contribution in [0.25, 0.3) is 0 Å². The van der Waals surface area contributed by atoms with Gasteiger partial charge < -0.3 is 0 Å². The summed E-state index contributed by atoms with van der Waals surface area (Å²) in [5.74, 6) is 5.82. The Bertz CT molecular complexity index is 536. The Morgan fingerprint density at radius 3 is 2.42 bits per heavy atom. The highest BCUT2D eigenvalue weighted by Crippen LogP contribution is 2.09. The van der Waals surface area contributed by atoms with Gasteiger partial charge in [-0.25, -0.2) is 8.42 Å². The van der Waals surface area contributed by atoms with E-state index in [9.17, 15) is 8.42 Å². The van der Waals surface area contributed by atoms with Gasteiger partial charge >= 0.3 is 0 Å². The van der Waals surface area contributed by atoms with Crippen LogP contribution in [0.5, 0.6) is 0 Å². The van der Waals surface area contributed by atoms with E-state index < -0.39 is 10.0 Å². The second-order valence-electron chi connectivity index (χ2n) is 4.45. The third kappa shape index (κ3) is 5.91. The quantitative estimate of drug-likeness (QED) is 0.643. The molecule has 1 aromatic rings. The SMILES string of the molecule is CCCCCC#CCNS(=O)(=O)c1ccc(C)cc1. The van der Waals surface area contributed by atoms with Crippen LogP contribution >= 0.6 is 0 Å². The molecule has 0 aromatic heterocycles. The van der Waals surface area contributed by atoms with Crippen molar-refractivity contribution in [2.45, 2.75) is 44.4 Å². The zero-order chi connectivity index (χ0) is 14.1. The molecule has 0 unspecified atom stereocenters. The number of benzene rings is 1.